The van der Waals surface area contributed by atoms with E-state index in [1.165, 1.54) is 19.2 Å². The van der Waals surface area contributed by atoms with Crippen LogP contribution in [0.3, 0.4) is 0 Å². The van der Waals surface area contributed by atoms with Crippen LogP contribution in [0, 0.1) is 20.2 Å². The third kappa shape index (κ3) is 8.66. The first kappa shape index (κ1) is 34.3. The van der Waals surface area contributed by atoms with Gasteiger partial charge in [0, 0.05) is 22.8 Å². The Bertz CT molecular complexity index is 1270. The number of methoxy groups -OCH3 is 1. The molecule has 0 amide bonds. The van der Waals surface area contributed by atoms with Crippen LogP contribution in [0.5, 0.6) is 11.5 Å². The second-order valence-corrected chi connectivity index (χ2v) is 13.8. The van der Waals surface area contributed by atoms with Gasteiger partial charge in [-0.1, -0.05) is 89.2 Å². The number of rotatable bonds is 3. The molecule has 0 aliphatic rings. The first-order valence-corrected chi connectivity index (χ1v) is 12.9. The number of nitrogens with zero attached hydrogens (tertiary/aromatic N) is 2. The maximum absolute atomic E-state index is 11.4. The summed E-state index contributed by atoms with van der Waals surface area (Å²) in [7, 11) is 1.19. The summed E-state index contributed by atoms with van der Waals surface area (Å²) in [5, 5.41) is 32.4. The Kier molecular flexibility index (Phi) is 10.1. The number of aromatic hydroxyl groups is 1. The van der Waals surface area contributed by atoms with Crippen LogP contribution in [-0.2, 0) is 26.4 Å². The van der Waals surface area contributed by atoms with Gasteiger partial charge in [0.25, 0.3) is 5.69 Å². The molecular formula is C30H44N2O8. The molecule has 0 saturated carbocycles. The molecule has 0 saturated heterocycles. The van der Waals surface area contributed by atoms with Gasteiger partial charge in [-0.2, -0.15) is 0 Å². The number of ether oxygens (including phenoxy) is 2. The van der Waals surface area contributed by atoms with Gasteiger partial charge in [-0.05, 0) is 33.3 Å². The Hall–Kier alpha value is -3.69. The Morgan fingerprint density at radius 2 is 1.12 bits per heavy atom. The number of phenolic OH excluding ortho intramolecular Hbond substituents is 1. The van der Waals surface area contributed by atoms with Crippen LogP contribution in [0.4, 0.5) is 16.2 Å². The van der Waals surface area contributed by atoms with Crippen LogP contribution < -0.4 is 4.74 Å². The van der Waals surface area contributed by atoms with Crippen molar-refractivity contribution in [3.63, 3.8) is 0 Å². The first-order valence-electron chi connectivity index (χ1n) is 12.9. The van der Waals surface area contributed by atoms with E-state index in [4.69, 9.17) is 4.74 Å². The molecule has 0 fully saturated rings. The minimum Gasteiger partial charge on any atom is -0.502 e. The zero-order valence-corrected chi connectivity index (χ0v) is 26.0. The summed E-state index contributed by atoms with van der Waals surface area (Å²) >= 11 is 0. The number of benzene rings is 2. The third-order valence-corrected chi connectivity index (χ3v) is 6.23. The van der Waals surface area contributed by atoms with Gasteiger partial charge in [0.2, 0.25) is 0 Å². The average molecular weight is 561 g/mol. The largest absolute Gasteiger partial charge is 0.513 e. The molecule has 0 spiro atoms. The van der Waals surface area contributed by atoms with E-state index in [9.17, 15) is 30.1 Å². The lowest BCUT2D eigenvalue weighted by atomic mass is 9.79. The maximum Gasteiger partial charge on any atom is 0.513 e. The van der Waals surface area contributed by atoms with Crippen molar-refractivity contribution in [2.24, 2.45) is 0 Å². The van der Waals surface area contributed by atoms with E-state index >= 15 is 0 Å². The molecule has 0 atom stereocenters. The smallest absolute Gasteiger partial charge is 0.502 e. The number of hydrogen-bond donors (Lipinski definition) is 1. The second-order valence-electron chi connectivity index (χ2n) is 13.8. The topological polar surface area (TPSA) is 142 Å². The van der Waals surface area contributed by atoms with Crippen molar-refractivity contribution in [3.05, 3.63) is 66.7 Å². The fraction of sp³-hybridized carbons (Fsp3) is 0.567. The van der Waals surface area contributed by atoms with Crippen molar-refractivity contribution in [3.8, 4) is 11.5 Å². The number of nitro benzene ring substituents is 2. The van der Waals surface area contributed by atoms with Crippen LogP contribution in [0.15, 0.2) is 24.3 Å². The summed E-state index contributed by atoms with van der Waals surface area (Å²) in [6, 6.07) is 6.38. The molecule has 2 aromatic carbocycles. The highest BCUT2D eigenvalue weighted by Gasteiger charge is 2.32. The highest BCUT2D eigenvalue weighted by molar-refractivity contribution is 5.66. The van der Waals surface area contributed by atoms with Crippen LogP contribution in [0.2, 0.25) is 0 Å². The van der Waals surface area contributed by atoms with Crippen LogP contribution in [0.1, 0.15) is 105 Å². The van der Waals surface area contributed by atoms with Gasteiger partial charge in [0.05, 0.1) is 23.0 Å². The van der Waals surface area contributed by atoms with E-state index in [1.54, 1.807) is 6.07 Å². The minimum absolute atomic E-state index is 0.0700. The summed E-state index contributed by atoms with van der Waals surface area (Å²) < 4.78 is 9.60. The van der Waals surface area contributed by atoms with Crippen molar-refractivity contribution < 1.29 is 29.2 Å². The molecule has 0 unspecified atom stereocenters. The molecule has 0 bridgehead atoms. The van der Waals surface area contributed by atoms with Gasteiger partial charge in [-0.15, -0.1) is 0 Å². The normalized spacial score (nSPS) is 12.2. The Labute approximate surface area is 237 Å². The zero-order chi connectivity index (χ0) is 31.6. The third-order valence-electron chi connectivity index (χ3n) is 6.23. The summed E-state index contributed by atoms with van der Waals surface area (Å²) in [6.45, 7) is 23.3. The quantitative estimate of drug-likeness (QED) is 0.171. The van der Waals surface area contributed by atoms with E-state index in [0.717, 1.165) is 5.56 Å². The van der Waals surface area contributed by atoms with E-state index in [0.29, 0.717) is 16.7 Å². The lowest BCUT2D eigenvalue weighted by molar-refractivity contribution is -0.386. The van der Waals surface area contributed by atoms with Crippen molar-refractivity contribution in [1.29, 1.82) is 0 Å². The number of carbonyl (C=O) groups excluding carboxylic acids is 1. The van der Waals surface area contributed by atoms with Crippen molar-refractivity contribution >= 4 is 17.5 Å². The number of hydrogen-bond acceptors (Lipinski definition) is 8. The highest BCUT2D eigenvalue weighted by Crippen LogP contribution is 2.42. The lowest BCUT2D eigenvalue weighted by Gasteiger charge is -2.26. The molecule has 0 aliphatic carbocycles. The molecule has 2 aromatic rings. The van der Waals surface area contributed by atoms with E-state index in [-0.39, 0.29) is 39.1 Å². The number of nitro groups is 2. The fourth-order valence-corrected chi connectivity index (χ4v) is 3.89. The Morgan fingerprint density at radius 3 is 1.48 bits per heavy atom. The average Bonchev–Trinajstić information content (AvgIpc) is 2.75. The van der Waals surface area contributed by atoms with Crippen molar-refractivity contribution in [2.75, 3.05) is 7.11 Å². The van der Waals surface area contributed by atoms with Gasteiger partial charge in [-0.25, -0.2) is 4.79 Å². The minimum atomic E-state index is -0.900. The molecule has 0 radical (unpaired) electrons. The molecule has 0 heterocycles. The monoisotopic (exact) mass is 560 g/mol. The van der Waals surface area contributed by atoms with E-state index < -0.39 is 21.4 Å². The van der Waals surface area contributed by atoms with Crippen LogP contribution >= 0.6 is 0 Å². The summed E-state index contributed by atoms with van der Waals surface area (Å²) in [5.74, 6) is -0.0699. The summed E-state index contributed by atoms with van der Waals surface area (Å²) in [6.07, 6.45) is -0.900. The van der Waals surface area contributed by atoms with E-state index in [1.807, 2.05) is 89.2 Å². The van der Waals surface area contributed by atoms with Crippen LogP contribution in [0.25, 0.3) is 0 Å². The van der Waals surface area contributed by atoms with Crippen molar-refractivity contribution in [2.45, 2.75) is 105 Å². The maximum atomic E-state index is 11.4. The van der Waals surface area contributed by atoms with Gasteiger partial charge in [-0.3, -0.25) is 20.2 Å². The van der Waals surface area contributed by atoms with Gasteiger partial charge >= 0.3 is 11.8 Å². The predicted octanol–water partition coefficient (Wildman–Crippen LogP) is 8.23. The molecule has 0 aromatic heterocycles. The highest BCUT2D eigenvalue weighted by atomic mass is 16.7. The molecular weight excluding hydrogens is 516 g/mol. The number of phenols is 1. The molecule has 222 valence electrons. The number of carbonyl (C=O) groups is 1. The van der Waals surface area contributed by atoms with Crippen LogP contribution in [-0.4, -0.2) is 28.2 Å². The summed E-state index contributed by atoms with van der Waals surface area (Å²) in [4.78, 5) is 32.8. The molecule has 2 rings (SSSR count). The zero-order valence-electron chi connectivity index (χ0n) is 26.0. The molecule has 1 N–H and O–H groups in total. The molecule has 40 heavy (non-hydrogen) atoms. The Morgan fingerprint density at radius 1 is 0.675 bits per heavy atom. The molecule has 0 aliphatic heterocycles. The van der Waals surface area contributed by atoms with Gasteiger partial charge in [0.1, 0.15) is 5.75 Å². The Balaban J connectivity index is 0.000000408. The summed E-state index contributed by atoms with van der Waals surface area (Å²) in [5.41, 5.74) is 1.21. The fourth-order valence-electron chi connectivity index (χ4n) is 3.89. The first-order chi connectivity index (χ1) is 17.8. The standard InChI is InChI=1S/C16H23NO5.C14H21NO3/c1-15(2,3)10-8-11(16(4,5)6)13(22-14(18)21-7)9-12(10)17(19)20;1-13(2,3)9-7-10(14(4,5)6)12(16)11(8-9)15(17)18/h8-9H,1-7H3;7-8,16H,1-6H3. The van der Waals surface area contributed by atoms with Crippen molar-refractivity contribution in [1.82, 2.24) is 0 Å². The van der Waals surface area contributed by atoms with Gasteiger partial charge in [0.15, 0.2) is 5.75 Å². The lowest BCUT2D eigenvalue weighted by Crippen LogP contribution is -2.20. The molecule has 10 heteroatoms. The predicted molar refractivity (Wildman–Crippen MR) is 156 cm³/mol. The molecule has 10 nitrogen and oxygen atoms in total. The van der Waals surface area contributed by atoms with E-state index in [2.05, 4.69) is 4.74 Å². The SMILES string of the molecule is CC(C)(C)c1cc([N+](=O)[O-])c(O)c(C(C)(C)C)c1.COC(=O)Oc1cc([N+](=O)[O-])c(C(C)(C)C)cc1C(C)(C)C. The van der Waals surface area contributed by atoms with Gasteiger partial charge < -0.3 is 14.6 Å². The second kappa shape index (κ2) is 11.8.